The Hall–Kier alpha value is -1.94. The standard InChI is InChI=1S/C11H6ClN3O/c12-8-3-1-7(2-4-8)10-15-9-11(16-10)14-6-5-13-9/h1-6H. The first-order valence-corrected chi connectivity index (χ1v) is 5.04. The first-order chi connectivity index (χ1) is 7.83. The van der Waals surface area contributed by atoms with E-state index in [9.17, 15) is 0 Å². The van der Waals surface area contributed by atoms with Gasteiger partial charge in [0.1, 0.15) is 0 Å². The second-order valence-corrected chi connectivity index (χ2v) is 3.65. The van der Waals surface area contributed by atoms with Gasteiger partial charge in [-0.1, -0.05) is 11.6 Å². The summed E-state index contributed by atoms with van der Waals surface area (Å²) in [6.45, 7) is 0. The van der Waals surface area contributed by atoms with E-state index in [0.29, 0.717) is 22.3 Å². The summed E-state index contributed by atoms with van der Waals surface area (Å²) in [6, 6.07) is 7.25. The normalized spacial score (nSPS) is 10.8. The molecule has 16 heavy (non-hydrogen) atoms. The molecule has 0 aliphatic heterocycles. The van der Waals surface area contributed by atoms with Gasteiger partial charge in [-0.25, -0.2) is 9.97 Å². The molecule has 0 unspecified atom stereocenters. The number of rotatable bonds is 1. The van der Waals surface area contributed by atoms with Gasteiger partial charge in [-0.3, -0.25) is 0 Å². The molecule has 0 fully saturated rings. The van der Waals surface area contributed by atoms with E-state index in [0.717, 1.165) is 5.56 Å². The minimum Gasteiger partial charge on any atom is -0.416 e. The van der Waals surface area contributed by atoms with E-state index >= 15 is 0 Å². The van der Waals surface area contributed by atoms with E-state index < -0.39 is 0 Å². The van der Waals surface area contributed by atoms with Gasteiger partial charge in [-0.05, 0) is 24.3 Å². The number of aromatic nitrogens is 3. The largest absolute Gasteiger partial charge is 0.416 e. The third kappa shape index (κ3) is 1.53. The van der Waals surface area contributed by atoms with Crippen LogP contribution < -0.4 is 0 Å². The Morgan fingerprint density at radius 3 is 2.50 bits per heavy atom. The van der Waals surface area contributed by atoms with E-state index in [1.807, 2.05) is 12.1 Å². The molecule has 0 amide bonds. The summed E-state index contributed by atoms with van der Waals surface area (Å²) in [5, 5.41) is 0.677. The predicted octanol–water partition coefficient (Wildman–Crippen LogP) is 2.94. The average Bonchev–Trinajstić information content (AvgIpc) is 2.73. The number of halogens is 1. The van der Waals surface area contributed by atoms with Crippen LogP contribution in [0.5, 0.6) is 0 Å². The molecule has 4 nitrogen and oxygen atoms in total. The molecule has 2 heterocycles. The van der Waals surface area contributed by atoms with Gasteiger partial charge in [0.2, 0.25) is 11.5 Å². The summed E-state index contributed by atoms with van der Waals surface area (Å²) in [6.07, 6.45) is 3.15. The summed E-state index contributed by atoms with van der Waals surface area (Å²) in [5.41, 5.74) is 1.80. The number of hydrogen-bond donors (Lipinski definition) is 0. The molecule has 0 saturated carbocycles. The fourth-order valence-electron chi connectivity index (χ4n) is 1.39. The summed E-state index contributed by atoms with van der Waals surface area (Å²) < 4.78 is 5.47. The van der Waals surface area contributed by atoms with Gasteiger partial charge in [0.05, 0.1) is 0 Å². The Morgan fingerprint density at radius 2 is 1.75 bits per heavy atom. The highest BCUT2D eigenvalue weighted by Gasteiger charge is 2.08. The van der Waals surface area contributed by atoms with Crippen LogP contribution in [-0.4, -0.2) is 15.0 Å². The van der Waals surface area contributed by atoms with Gasteiger partial charge in [0, 0.05) is 23.0 Å². The van der Waals surface area contributed by atoms with Crippen LogP contribution in [-0.2, 0) is 0 Å². The Kier molecular flexibility index (Phi) is 2.08. The Labute approximate surface area is 95.9 Å². The predicted molar refractivity (Wildman–Crippen MR) is 60.0 cm³/mol. The van der Waals surface area contributed by atoms with E-state index in [2.05, 4.69) is 15.0 Å². The van der Waals surface area contributed by atoms with Crippen molar-refractivity contribution in [1.82, 2.24) is 15.0 Å². The molecule has 0 bridgehead atoms. The van der Waals surface area contributed by atoms with Crippen LogP contribution in [0.2, 0.25) is 5.02 Å². The Balaban J connectivity index is 2.15. The van der Waals surface area contributed by atoms with Crippen molar-refractivity contribution in [2.45, 2.75) is 0 Å². The molecule has 2 aromatic heterocycles. The zero-order valence-electron chi connectivity index (χ0n) is 8.09. The summed E-state index contributed by atoms with van der Waals surface area (Å²) in [5.74, 6) is 0.498. The van der Waals surface area contributed by atoms with Crippen molar-refractivity contribution in [3.63, 3.8) is 0 Å². The van der Waals surface area contributed by atoms with E-state index in [1.165, 1.54) is 0 Å². The molecule has 5 heteroatoms. The molecule has 3 aromatic rings. The van der Waals surface area contributed by atoms with Crippen molar-refractivity contribution in [3.05, 3.63) is 41.7 Å². The maximum atomic E-state index is 5.80. The van der Waals surface area contributed by atoms with Gasteiger partial charge in [-0.15, -0.1) is 0 Å². The zero-order chi connectivity index (χ0) is 11.0. The summed E-state index contributed by atoms with van der Waals surface area (Å²) in [7, 11) is 0. The monoisotopic (exact) mass is 231 g/mol. The molecule has 3 rings (SSSR count). The highest BCUT2D eigenvalue weighted by Crippen LogP contribution is 2.23. The van der Waals surface area contributed by atoms with E-state index in [4.69, 9.17) is 16.0 Å². The SMILES string of the molecule is Clc1ccc(-c2nc3nccnc3o2)cc1. The summed E-state index contributed by atoms with van der Waals surface area (Å²) in [4.78, 5) is 12.3. The molecule has 0 aliphatic rings. The van der Waals surface area contributed by atoms with Crippen LogP contribution in [0, 0.1) is 0 Å². The smallest absolute Gasteiger partial charge is 0.266 e. The van der Waals surface area contributed by atoms with Gasteiger partial charge >= 0.3 is 0 Å². The van der Waals surface area contributed by atoms with E-state index in [-0.39, 0.29) is 0 Å². The lowest BCUT2D eigenvalue weighted by atomic mass is 10.2. The van der Waals surface area contributed by atoms with Crippen LogP contribution in [0.1, 0.15) is 0 Å². The highest BCUT2D eigenvalue weighted by molar-refractivity contribution is 6.30. The van der Waals surface area contributed by atoms with Crippen LogP contribution in [0.25, 0.3) is 22.8 Å². The number of nitrogens with zero attached hydrogens (tertiary/aromatic N) is 3. The van der Waals surface area contributed by atoms with Crippen LogP contribution in [0.15, 0.2) is 41.1 Å². The third-order valence-electron chi connectivity index (χ3n) is 2.14. The number of hydrogen-bond acceptors (Lipinski definition) is 4. The zero-order valence-corrected chi connectivity index (χ0v) is 8.85. The highest BCUT2D eigenvalue weighted by atomic mass is 35.5. The van der Waals surface area contributed by atoms with Crippen LogP contribution >= 0.6 is 11.6 Å². The number of oxazole rings is 1. The number of benzene rings is 1. The van der Waals surface area contributed by atoms with Crippen molar-refractivity contribution >= 4 is 23.0 Å². The van der Waals surface area contributed by atoms with Crippen molar-refractivity contribution in [2.24, 2.45) is 0 Å². The maximum absolute atomic E-state index is 5.80. The van der Waals surface area contributed by atoms with Gasteiger partial charge in [-0.2, -0.15) is 4.98 Å². The fraction of sp³-hybridized carbons (Fsp3) is 0. The minimum absolute atomic E-state index is 0.437. The lowest BCUT2D eigenvalue weighted by Gasteiger charge is -1.93. The Morgan fingerprint density at radius 1 is 1.00 bits per heavy atom. The Bertz CT molecular complexity index is 600. The molecule has 0 atom stereocenters. The molecule has 0 radical (unpaired) electrons. The first-order valence-electron chi connectivity index (χ1n) is 4.66. The van der Waals surface area contributed by atoms with E-state index in [1.54, 1.807) is 24.5 Å². The average molecular weight is 232 g/mol. The molecule has 0 aliphatic carbocycles. The van der Waals surface area contributed by atoms with Crippen molar-refractivity contribution in [1.29, 1.82) is 0 Å². The van der Waals surface area contributed by atoms with Crippen molar-refractivity contribution < 1.29 is 4.42 Å². The third-order valence-corrected chi connectivity index (χ3v) is 2.39. The maximum Gasteiger partial charge on any atom is 0.266 e. The van der Waals surface area contributed by atoms with Crippen molar-refractivity contribution in [2.75, 3.05) is 0 Å². The minimum atomic E-state index is 0.437. The molecule has 0 N–H and O–H groups in total. The topological polar surface area (TPSA) is 51.8 Å². The lowest BCUT2D eigenvalue weighted by Crippen LogP contribution is -1.78. The fourth-order valence-corrected chi connectivity index (χ4v) is 1.52. The molecule has 78 valence electrons. The lowest BCUT2D eigenvalue weighted by molar-refractivity contribution is 0.607. The second-order valence-electron chi connectivity index (χ2n) is 3.21. The second kappa shape index (κ2) is 3.57. The molecular formula is C11H6ClN3O. The quantitative estimate of drug-likeness (QED) is 0.646. The van der Waals surface area contributed by atoms with Crippen molar-refractivity contribution in [3.8, 4) is 11.5 Å². The van der Waals surface area contributed by atoms with Gasteiger partial charge < -0.3 is 4.42 Å². The molecular weight excluding hydrogens is 226 g/mol. The van der Waals surface area contributed by atoms with Gasteiger partial charge in [0.25, 0.3) is 5.71 Å². The summed E-state index contributed by atoms with van der Waals surface area (Å²) >= 11 is 5.80. The van der Waals surface area contributed by atoms with Crippen LogP contribution in [0.3, 0.4) is 0 Å². The van der Waals surface area contributed by atoms with Crippen LogP contribution in [0.4, 0.5) is 0 Å². The number of fused-ring (bicyclic) bond motifs is 1. The molecule has 0 spiro atoms. The van der Waals surface area contributed by atoms with Gasteiger partial charge in [0.15, 0.2) is 0 Å². The molecule has 0 saturated heterocycles. The molecule has 1 aromatic carbocycles. The first kappa shape index (κ1) is 9.30.